The van der Waals surface area contributed by atoms with Crippen LogP contribution in [0.1, 0.15) is 31.1 Å². The number of piperazine rings is 1. The lowest BCUT2D eigenvalue weighted by Gasteiger charge is -2.35. The van der Waals surface area contributed by atoms with Crippen molar-refractivity contribution in [1.82, 2.24) is 9.80 Å². The third kappa shape index (κ3) is 5.51. The molecule has 1 aliphatic rings. The topological polar surface area (TPSA) is 96.0 Å². The minimum atomic E-state index is -3.68. The Hall–Kier alpha value is -2.59. The Morgan fingerprint density at radius 1 is 1.03 bits per heavy atom. The minimum Gasteiger partial charge on any atom is -0.444 e. The third-order valence-electron chi connectivity index (χ3n) is 4.34. The van der Waals surface area contributed by atoms with E-state index in [1.165, 1.54) is 12.1 Å². The van der Waals surface area contributed by atoms with Gasteiger partial charge in [-0.3, -0.25) is 9.52 Å². The van der Waals surface area contributed by atoms with E-state index in [4.69, 9.17) is 4.74 Å². The average Bonchev–Trinajstić information content (AvgIpc) is 3.22. The van der Waals surface area contributed by atoms with Gasteiger partial charge in [0.05, 0.1) is 0 Å². The molecular weight excluding hydrogens is 426 g/mol. The molecule has 30 heavy (non-hydrogen) atoms. The quantitative estimate of drug-likeness (QED) is 0.770. The molecule has 0 spiro atoms. The highest BCUT2D eigenvalue weighted by atomic mass is 32.2. The molecule has 2 heterocycles. The van der Waals surface area contributed by atoms with E-state index < -0.39 is 15.6 Å². The smallest absolute Gasteiger partial charge is 0.410 e. The molecule has 1 aromatic carbocycles. The Balaban J connectivity index is 1.63. The number of carbonyl (C=O) groups is 2. The van der Waals surface area contributed by atoms with Crippen LogP contribution >= 0.6 is 11.3 Å². The maximum Gasteiger partial charge on any atom is 0.410 e. The van der Waals surface area contributed by atoms with Crippen LogP contribution < -0.4 is 4.72 Å². The normalized spacial score (nSPS) is 15.0. The van der Waals surface area contributed by atoms with Crippen molar-refractivity contribution < 1.29 is 22.7 Å². The van der Waals surface area contributed by atoms with E-state index in [1.54, 1.807) is 39.4 Å². The predicted octanol–water partition coefficient (Wildman–Crippen LogP) is 3.24. The number of hydrogen-bond donors (Lipinski definition) is 1. The van der Waals surface area contributed by atoms with Crippen molar-refractivity contribution in [3.8, 4) is 0 Å². The number of sulfonamides is 1. The fourth-order valence-corrected chi connectivity index (χ4v) is 4.98. The maximum atomic E-state index is 12.9. The number of benzene rings is 1. The first kappa shape index (κ1) is 22.1. The summed E-state index contributed by atoms with van der Waals surface area (Å²) in [7, 11) is -3.68. The summed E-state index contributed by atoms with van der Waals surface area (Å²) in [6.45, 7) is 6.95. The highest BCUT2D eigenvalue weighted by Gasteiger charge is 2.28. The van der Waals surface area contributed by atoms with Gasteiger partial charge in [0.2, 0.25) is 0 Å². The van der Waals surface area contributed by atoms with Crippen molar-refractivity contribution in [3.05, 3.63) is 47.3 Å². The number of thiophene rings is 1. The predicted molar refractivity (Wildman–Crippen MR) is 115 cm³/mol. The molecule has 1 fully saturated rings. The Morgan fingerprint density at radius 2 is 1.70 bits per heavy atom. The van der Waals surface area contributed by atoms with Gasteiger partial charge < -0.3 is 14.5 Å². The molecule has 0 aliphatic carbocycles. The Labute approximate surface area is 180 Å². The van der Waals surface area contributed by atoms with Gasteiger partial charge in [-0.15, -0.1) is 11.3 Å². The fourth-order valence-electron chi connectivity index (χ4n) is 2.94. The van der Waals surface area contributed by atoms with E-state index in [1.807, 2.05) is 20.8 Å². The van der Waals surface area contributed by atoms with Crippen LogP contribution in [-0.2, 0) is 14.8 Å². The number of nitrogens with one attached hydrogen (secondary N) is 1. The number of anilines is 1. The van der Waals surface area contributed by atoms with Crippen LogP contribution in [0.3, 0.4) is 0 Å². The van der Waals surface area contributed by atoms with Crippen molar-refractivity contribution >= 4 is 39.0 Å². The molecular formula is C20H25N3O5S2. The lowest BCUT2D eigenvalue weighted by atomic mass is 10.1. The third-order valence-corrected chi connectivity index (χ3v) is 7.12. The summed E-state index contributed by atoms with van der Waals surface area (Å²) >= 11 is 1.12. The van der Waals surface area contributed by atoms with Crippen LogP contribution in [-0.4, -0.2) is 62.0 Å². The highest BCUT2D eigenvalue weighted by Crippen LogP contribution is 2.21. The van der Waals surface area contributed by atoms with E-state index in [0.717, 1.165) is 11.3 Å². The number of ether oxygens (including phenoxy) is 1. The van der Waals surface area contributed by atoms with Crippen LogP contribution in [0.15, 0.2) is 46.0 Å². The largest absolute Gasteiger partial charge is 0.444 e. The standard InChI is InChI=1S/C20H25N3O5S2/c1-20(2,3)28-19(25)23-11-9-22(10-12-23)18(24)15-6-4-7-16(14-15)21-30(26,27)17-8-5-13-29-17/h4-8,13-14,21H,9-12H2,1-3H3. The van der Waals surface area contributed by atoms with Gasteiger partial charge in [0.15, 0.2) is 0 Å². The maximum absolute atomic E-state index is 12.9. The Bertz CT molecular complexity index is 1010. The second kappa shape index (κ2) is 8.65. The summed E-state index contributed by atoms with van der Waals surface area (Å²) in [6, 6.07) is 9.58. The molecule has 2 aromatic rings. The lowest BCUT2D eigenvalue weighted by Crippen LogP contribution is -2.51. The molecule has 1 N–H and O–H groups in total. The van der Waals surface area contributed by atoms with Crippen LogP contribution in [0.5, 0.6) is 0 Å². The molecule has 1 saturated heterocycles. The number of hydrogen-bond acceptors (Lipinski definition) is 6. The van der Waals surface area contributed by atoms with Crippen LogP contribution in [0.2, 0.25) is 0 Å². The van der Waals surface area contributed by atoms with Gasteiger partial charge in [-0.25, -0.2) is 13.2 Å². The first-order chi connectivity index (χ1) is 14.0. The molecule has 2 amide bonds. The van der Waals surface area contributed by atoms with E-state index in [0.29, 0.717) is 37.4 Å². The molecule has 0 bridgehead atoms. The summed E-state index contributed by atoms with van der Waals surface area (Å²) in [5, 5.41) is 1.69. The van der Waals surface area contributed by atoms with Gasteiger partial charge in [-0.2, -0.15) is 0 Å². The fraction of sp³-hybridized carbons (Fsp3) is 0.400. The van der Waals surface area contributed by atoms with Gasteiger partial charge in [0, 0.05) is 37.4 Å². The molecule has 162 valence electrons. The zero-order valence-corrected chi connectivity index (χ0v) is 18.8. The molecule has 0 atom stereocenters. The number of nitrogens with zero attached hydrogens (tertiary/aromatic N) is 2. The van der Waals surface area contributed by atoms with Crippen molar-refractivity contribution in [2.24, 2.45) is 0 Å². The molecule has 8 nitrogen and oxygen atoms in total. The summed E-state index contributed by atoms with van der Waals surface area (Å²) in [5.41, 5.74) is 0.134. The molecule has 3 rings (SSSR count). The van der Waals surface area contributed by atoms with Crippen LogP contribution in [0.25, 0.3) is 0 Å². The van der Waals surface area contributed by atoms with Gasteiger partial charge in [-0.05, 0) is 50.4 Å². The SMILES string of the molecule is CC(C)(C)OC(=O)N1CCN(C(=O)c2cccc(NS(=O)(=O)c3cccs3)c2)CC1. The molecule has 0 unspecified atom stereocenters. The van der Waals surface area contributed by atoms with Crippen molar-refractivity contribution in [2.45, 2.75) is 30.6 Å². The zero-order valence-electron chi connectivity index (χ0n) is 17.1. The van der Waals surface area contributed by atoms with E-state index in [2.05, 4.69) is 4.72 Å². The van der Waals surface area contributed by atoms with Gasteiger partial charge in [0.1, 0.15) is 9.81 Å². The molecule has 1 aromatic heterocycles. The molecule has 0 saturated carbocycles. The van der Waals surface area contributed by atoms with Crippen molar-refractivity contribution in [1.29, 1.82) is 0 Å². The summed E-state index contributed by atoms with van der Waals surface area (Å²) in [6.07, 6.45) is -0.389. The van der Waals surface area contributed by atoms with E-state index in [9.17, 15) is 18.0 Å². The van der Waals surface area contributed by atoms with Crippen molar-refractivity contribution in [2.75, 3.05) is 30.9 Å². The van der Waals surface area contributed by atoms with Gasteiger partial charge in [0.25, 0.3) is 15.9 Å². The summed E-state index contributed by atoms with van der Waals surface area (Å²) in [5.74, 6) is -0.212. The first-order valence-corrected chi connectivity index (χ1v) is 11.8. The zero-order chi connectivity index (χ0) is 21.9. The van der Waals surface area contributed by atoms with Gasteiger partial charge in [-0.1, -0.05) is 12.1 Å². The average molecular weight is 452 g/mol. The van der Waals surface area contributed by atoms with E-state index >= 15 is 0 Å². The van der Waals surface area contributed by atoms with Crippen LogP contribution in [0.4, 0.5) is 10.5 Å². The molecule has 0 radical (unpaired) electrons. The first-order valence-electron chi connectivity index (χ1n) is 9.49. The van der Waals surface area contributed by atoms with Gasteiger partial charge >= 0.3 is 6.09 Å². The number of rotatable bonds is 4. The summed E-state index contributed by atoms with van der Waals surface area (Å²) in [4.78, 5) is 28.3. The lowest BCUT2D eigenvalue weighted by molar-refractivity contribution is 0.0141. The summed E-state index contributed by atoms with van der Waals surface area (Å²) < 4.78 is 32.9. The highest BCUT2D eigenvalue weighted by molar-refractivity contribution is 7.94. The Morgan fingerprint density at radius 3 is 2.30 bits per heavy atom. The molecule has 10 heteroatoms. The second-order valence-corrected chi connectivity index (χ2v) is 10.7. The van der Waals surface area contributed by atoms with E-state index in [-0.39, 0.29) is 16.2 Å². The Kier molecular flexibility index (Phi) is 6.37. The number of carbonyl (C=O) groups excluding carboxylic acids is 2. The second-order valence-electron chi connectivity index (χ2n) is 7.88. The number of amides is 2. The minimum absolute atomic E-state index is 0.206. The molecule has 1 aliphatic heterocycles. The van der Waals surface area contributed by atoms with Crippen molar-refractivity contribution in [3.63, 3.8) is 0 Å². The monoisotopic (exact) mass is 451 g/mol. The van der Waals surface area contributed by atoms with Crippen LogP contribution in [0, 0.1) is 0 Å².